The van der Waals surface area contributed by atoms with Gasteiger partial charge in [0, 0.05) is 0 Å². The molecule has 0 amide bonds. The molecule has 3 rings (SSSR count). The maximum absolute atomic E-state index is 9.39. The van der Waals surface area contributed by atoms with Crippen LogP contribution in [0.3, 0.4) is 0 Å². The largest absolute Gasteiger partial charge is 0.485 e. The first-order valence-electron chi connectivity index (χ1n) is 6.31. The summed E-state index contributed by atoms with van der Waals surface area (Å²) >= 11 is 0. The molecule has 0 aliphatic carbocycles. The molecule has 1 heterocycles. The van der Waals surface area contributed by atoms with Crippen LogP contribution in [0.4, 0.5) is 0 Å². The van der Waals surface area contributed by atoms with E-state index in [1.54, 1.807) is 0 Å². The number of benzene rings is 2. The zero-order valence-corrected chi connectivity index (χ0v) is 10.2. The molecule has 18 heavy (non-hydrogen) atoms. The van der Waals surface area contributed by atoms with Crippen molar-refractivity contribution in [2.45, 2.75) is 25.6 Å². The molecule has 0 aromatic heterocycles. The van der Waals surface area contributed by atoms with E-state index in [9.17, 15) is 5.11 Å². The third-order valence-electron chi connectivity index (χ3n) is 3.49. The van der Waals surface area contributed by atoms with Crippen molar-refractivity contribution in [1.82, 2.24) is 0 Å². The van der Waals surface area contributed by atoms with Crippen molar-refractivity contribution in [2.24, 2.45) is 0 Å². The van der Waals surface area contributed by atoms with Gasteiger partial charge >= 0.3 is 0 Å². The predicted molar refractivity (Wildman–Crippen MR) is 70.5 cm³/mol. The summed E-state index contributed by atoms with van der Waals surface area (Å²) in [6.45, 7) is 0.0671. The molecular formula is C16H16O2. The molecule has 2 nitrogen and oxygen atoms in total. The first kappa shape index (κ1) is 11.3. The second kappa shape index (κ2) is 4.83. The summed E-state index contributed by atoms with van der Waals surface area (Å²) in [5, 5.41) is 9.39. The summed E-state index contributed by atoms with van der Waals surface area (Å²) in [5.74, 6) is 0.974. The van der Waals surface area contributed by atoms with Crippen LogP contribution in [0.5, 0.6) is 5.75 Å². The molecule has 1 N–H and O–H groups in total. The van der Waals surface area contributed by atoms with Gasteiger partial charge in [-0.25, -0.2) is 0 Å². The van der Waals surface area contributed by atoms with Gasteiger partial charge in [-0.1, -0.05) is 42.5 Å². The molecule has 1 aliphatic rings. The van der Waals surface area contributed by atoms with Crippen LogP contribution in [0, 0.1) is 0 Å². The number of aliphatic hydroxyl groups excluding tert-OH is 1. The minimum atomic E-state index is 0.0586. The van der Waals surface area contributed by atoms with Crippen molar-refractivity contribution in [3.8, 4) is 5.75 Å². The van der Waals surface area contributed by atoms with Crippen molar-refractivity contribution in [3.05, 3.63) is 65.2 Å². The standard InChI is InChI=1S/C16H16O2/c17-11-13-6-1-3-7-14(13)16-10-9-12-5-2-4-8-15(12)18-16/h1-8,16-17H,9-11H2. The Bertz CT molecular complexity index is 548. The maximum atomic E-state index is 9.39. The summed E-state index contributed by atoms with van der Waals surface area (Å²) in [6, 6.07) is 16.1. The van der Waals surface area contributed by atoms with E-state index >= 15 is 0 Å². The summed E-state index contributed by atoms with van der Waals surface area (Å²) in [7, 11) is 0. The highest BCUT2D eigenvalue weighted by molar-refractivity contribution is 5.38. The third kappa shape index (κ3) is 2.00. The first-order chi connectivity index (χ1) is 8.88. The Morgan fingerprint density at radius 2 is 1.83 bits per heavy atom. The number of fused-ring (bicyclic) bond motifs is 1. The summed E-state index contributed by atoms with van der Waals surface area (Å²) in [4.78, 5) is 0. The molecule has 0 fully saturated rings. The minimum absolute atomic E-state index is 0.0586. The molecule has 1 unspecified atom stereocenters. The smallest absolute Gasteiger partial charge is 0.124 e. The Labute approximate surface area is 107 Å². The lowest BCUT2D eigenvalue weighted by Gasteiger charge is -2.27. The number of aryl methyl sites for hydroxylation is 1. The van der Waals surface area contributed by atoms with E-state index in [1.165, 1.54) is 5.56 Å². The highest BCUT2D eigenvalue weighted by atomic mass is 16.5. The molecule has 1 aliphatic heterocycles. The van der Waals surface area contributed by atoms with Gasteiger partial charge in [-0.3, -0.25) is 0 Å². The molecule has 0 saturated heterocycles. The number of hydrogen-bond donors (Lipinski definition) is 1. The van der Waals surface area contributed by atoms with Gasteiger partial charge in [-0.05, 0) is 35.6 Å². The van der Waals surface area contributed by atoms with Crippen LogP contribution < -0.4 is 4.74 Å². The van der Waals surface area contributed by atoms with Crippen LogP contribution in [-0.2, 0) is 13.0 Å². The summed E-state index contributed by atoms with van der Waals surface area (Å²) < 4.78 is 6.05. The Morgan fingerprint density at radius 3 is 2.72 bits per heavy atom. The van der Waals surface area contributed by atoms with Gasteiger partial charge in [0.2, 0.25) is 0 Å². The zero-order chi connectivity index (χ0) is 12.4. The number of para-hydroxylation sites is 1. The van der Waals surface area contributed by atoms with Gasteiger partial charge in [0.1, 0.15) is 11.9 Å². The average molecular weight is 240 g/mol. The van der Waals surface area contributed by atoms with Crippen molar-refractivity contribution in [1.29, 1.82) is 0 Å². The van der Waals surface area contributed by atoms with Crippen LogP contribution in [0.1, 0.15) is 29.2 Å². The van der Waals surface area contributed by atoms with Crippen LogP contribution in [-0.4, -0.2) is 5.11 Å². The fourth-order valence-electron chi connectivity index (χ4n) is 2.54. The Balaban J connectivity index is 1.92. The molecule has 0 saturated carbocycles. The van der Waals surface area contributed by atoms with Gasteiger partial charge in [-0.2, -0.15) is 0 Å². The fraction of sp³-hybridized carbons (Fsp3) is 0.250. The number of aliphatic hydroxyl groups is 1. The molecular weight excluding hydrogens is 224 g/mol. The van der Waals surface area contributed by atoms with Crippen molar-refractivity contribution in [3.63, 3.8) is 0 Å². The molecule has 0 spiro atoms. The number of rotatable bonds is 2. The highest BCUT2D eigenvalue weighted by Gasteiger charge is 2.22. The zero-order valence-electron chi connectivity index (χ0n) is 10.2. The monoisotopic (exact) mass is 240 g/mol. The van der Waals surface area contributed by atoms with Gasteiger partial charge in [-0.15, -0.1) is 0 Å². The van der Waals surface area contributed by atoms with E-state index in [1.807, 2.05) is 42.5 Å². The van der Waals surface area contributed by atoms with E-state index in [-0.39, 0.29) is 12.7 Å². The highest BCUT2D eigenvalue weighted by Crippen LogP contribution is 2.35. The lowest BCUT2D eigenvalue weighted by Crippen LogP contribution is -2.16. The Morgan fingerprint density at radius 1 is 1.06 bits per heavy atom. The van der Waals surface area contributed by atoms with E-state index < -0.39 is 0 Å². The van der Waals surface area contributed by atoms with E-state index in [0.717, 1.165) is 29.7 Å². The fourth-order valence-corrected chi connectivity index (χ4v) is 2.54. The van der Waals surface area contributed by atoms with Crippen LogP contribution >= 0.6 is 0 Å². The average Bonchev–Trinajstić information content (AvgIpc) is 2.46. The van der Waals surface area contributed by atoms with Crippen LogP contribution in [0.2, 0.25) is 0 Å². The molecule has 0 radical (unpaired) electrons. The second-order valence-electron chi connectivity index (χ2n) is 4.61. The minimum Gasteiger partial charge on any atom is -0.485 e. The molecule has 1 atom stereocenters. The van der Waals surface area contributed by atoms with Gasteiger partial charge in [0.25, 0.3) is 0 Å². The van der Waals surface area contributed by atoms with E-state index in [2.05, 4.69) is 6.07 Å². The first-order valence-corrected chi connectivity index (χ1v) is 6.31. The summed E-state index contributed by atoms with van der Waals surface area (Å²) in [6.07, 6.45) is 2.05. The topological polar surface area (TPSA) is 29.5 Å². The lowest BCUT2D eigenvalue weighted by molar-refractivity contribution is 0.172. The normalized spacial score (nSPS) is 17.9. The number of hydrogen-bond acceptors (Lipinski definition) is 2. The van der Waals surface area contributed by atoms with Gasteiger partial charge < -0.3 is 9.84 Å². The van der Waals surface area contributed by atoms with Crippen molar-refractivity contribution >= 4 is 0 Å². The Hall–Kier alpha value is -1.80. The summed E-state index contributed by atoms with van der Waals surface area (Å²) in [5.41, 5.74) is 3.34. The predicted octanol–water partition coefficient (Wildman–Crippen LogP) is 3.25. The van der Waals surface area contributed by atoms with Crippen molar-refractivity contribution in [2.75, 3.05) is 0 Å². The molecule has 2 aromatic carbocycles. The number of ether oxygens (including phenoxy) is 1. The van der Waals surface area contributed by atoms with E-state index in [4.69, 9.17) is 4.74 Å². The van der Waals surface area contributed by atoms with E-state index in [0.29, 0.717) is 0 Å². The maximum Gasteiger partial charge on any atom is 0.124 e. The molecule has 0 bridgehead atoms. The lowest BCUT2D eigenvalue weighted by atomic mass is 9.94. The van der Waals surface area contributed by atoms with Crippen LogP contribution in [0.25, 0.3) is 0 Å². The molecule has 2 heteroatoms. The second-order valence-corrected chi connectivity index (χ2v) is 4.61. The van der Waals surface area contributed by atoms with Crippen LogP contribution in [0.15, 0.2) is 48.5 Å². The third-order valence-corrected chi connectivity index (χ3v) is 3.49. The van der Waals surface area contributed by atoms with Gasteiger partial charge in [0.05, 0.1) is 6.61 Å². The Kier molecular flexibility index (Phi) is 3.03. The van der Waals surface area contributed by atoms with Gasteiger partial charge in [0.15, 0.2) is 0 Å². The quantitative estimate of drug-likeness (QED) is 0.873. The molecule has 92 valence electrons. The van der Waals surface area contributed by atoms with Crippen molar-refractivity contribution < 1.29 is 9.84 Å². The molecule has 2 aromatic rings. The SMILES string of the molecule is OCc1ccccc1C1CCc2ccccc2O1.